The van der Waals surface area contributed by atoms with Crippen molar-refractivity contribution in [2.75, 3.05) is 5.32 Å². The van der Waals surface area contributed by atoms with Gasteiger partial charge in [0.15, 0.2) is 0 Å². The molecule has 0 fully saturated rings. The molecular weight excluding hydrogens is 411 g/mol. The van der Waals surface area contributed by atoms with E-state index in [9.17, 15) is 14.0 Å². The summed E-state index contributed by atoms with van der Waals surface area (Å²) in [5.41, 5.74) is 0.663. The van der Waals surface area contributed by atoms with Gasteiger partial charge < -0.3 is 14.4 Å². The largest absolute Gasteiger partial charge is 0.333 e. The molecule has 0 atom stereocenters. The van der Waals surface area contributed by atoms with Crippen molar-refractivity contribution in [1.82, 2.24) is 14.7 Å². The molecule has 150 valence electrons. The summed E-state index contributed by atoms with van der Waals surface area (Å²) in [5, 5.41) is 7.02. The molecule has 0 spiro atoms. The van der Waals surface area contributed by atoms with E-state index in [2.05, 4.69) is 15.5 Å². The molecule has 2 heterocycles. The Kier molecular flexibility index (Phi) is 5.40. The Morgan fingerprint density at radius 2 is 1.93 bits per heavy atom. The van der Waals surface area contributed by atoms with Crippen LogP contribution in [0.1, 0.15) is 0 Å². The molecule has 2 aromatic heterocycles. The summed E-state index contributed by atoms with van der Waals surface area (Å²) in [7, 11) is 0. The van der Waals surface area contributed by atoms with E-state index in [1.165, 1.54) is 35.0 Å². The molecule has 0 radical (unpaired) electrons. The van der Waals surface area contributed by atoms with Crippen LogP contribution in [0.2, 0.25) is 5.02 Å². The smallest absolute Gasteiger partial charge is 0.263 e. The fourth-order valence-corrected chi connectivity index (χ4v) is 2.92. The Labute approximate surface area is 174 Å². The Bertz CT molecular complexity index is 1270. The summed E-state index contributed by atoms with van der Waals surface area (Å²) in [6.45, 7) is -0.263. The van der Waals surface area contributed by atoms with Gasteiger partial charge in [-0.15, -0.1) is 0 Å². The van der Waals surface area contributed by atoms with Gasteiger partial charge in [0.25, 0.3) is 11.4 Å². The highest BCUT2D eigenvalue weighted by atomic mass is 35.5. The lowest BCUT2D eigenvalue weighted by Crippen LogP contribution is -2.28. The van der Waals surface area contributed by atoms with E-state index in [1.54, 1.807) is 36.4 Å². The summed E-state index contributed by atoms with van der Waals surface area (Å²) >= 11 is 5.88. The molecular formula is C21H14ClFN4O3. The summed E-state index contributed by atoms with van der Waals surface area (Å²) < 4.78 is 19.7. The maximum Gasteiger partial charge on any atom is 0.263 e. The predicted molar refractivity (Wildman–Crippen MR) is 109 cm³/mol. The number of benzene rings is 2. The number of nitrogens with one attached hydrogen (secondary N) is 1. The lowest BCUT2D eigenvalue weighted by molar-refractivity contribution is -0.116. The monoisotopic (exact) mass is 424 g/mol. The number of anilines is 1. The fraction of sp³-hybridized carbons (Fsp3) is 0.0476. The minimum atomic E-state index is -0.479. The zero-order valence-corrected chi connectivity index (χ0v) is 16.1. The van der Waals surface area contributed by atoms with E-state index in [0.29, 0.717) is 22.1 Å². The number of hydrogen-bond donors (Lipinski definition) is 1. The highest BCUT2D eigenvalue weighted by molar-refractivity contribution is 6.30. The number of hydrogen-bond acceptors (Lipinski definition) is 5. The molecule has 0 saturated carbocycles. The first-order valence-corrected chi connectivity index (χ1v) is 9.22. The van der Waals surface area contributed by atoms with Crippen molar-refractivity contribution in [3.05, 3.63) is 88.1 Å². The molecule has 1 amide bonds. The van der Waals surface area contributed by atoms with E-state index >= 15 is 0 Å². The number of carbonyl (C=O) groups is 1. The van der Waals surface area contributed by atoms with Crippen molar-refractivity contribution in [1.29, 1.82) is 0 Å². The highest BCUT2D eigenvalue weighted by Crippen LogP contribution is 2.21. The normalized spacial score (nSPS) is 10.7. The van der Waals surface area contributed by atoms with Gasteiger partial charge in [-0.25, -0.2) is 4.39 Å². The Morgan fingerprint density at radius 1 is 1.13 bits per heavy atom. The van der Waals surface area contributed by atoms with Crippen LogP contribution in [0, 0.1) is 5.82 Å². The van der Waals surface area contributed by atoms with Crippen LogP contribution in [-0.4, -0.2) is 20.6 Å². The SMILES string of the molecule is O=C(Cn1cccc(-c2nc(-c3ccc(Cl)cc3)no2)c1=O)Nc1cccc(F)c1. The second-order valence-corrected chi connectivity index (χ2v) is 6.78. The minimum absolute atomic E-state index is 0.0323. The van der Waals surface area contributed by atoms with Gasteiger partial charge in [0.2, 0.25) is 11.7 Å². The summed E-state index contributed by atoms with van der Waals surface area (Å²) in [6, 6.07) is 15.5. The van der Waals surface area contributed by atoms with Crippen molar-refractivity contribution in [3.8, 4) is 22.8 Å². The first kappa shape index (κ1) is 19.5. The highest BCUT2D eigenvalue weighted by Gasteiger charge is 2.16. The van der Waals surface area contributed by atoms with Gasteiger partial charge >= 0.3 is 0 Å². The van der Waals surface area contributed by atoms with Gasteiger partial charge in [0.1, 0.15) is 17.9 Å². The standard InChI is InChI=1S/C21H14ClFN4O3/c22-14-8-6-13(7-9-14)19-25-20(30-26-19)17-5-2-10-27(21(17)29)12-18(28)24-16-4-1-3-15(23)11-16/h1-11H,12H2,(H,24,28). The van der Waals surface area contributed by atoms with Crippen molar-refractivity contribution < 1.29 is 13.7 Å². The number of pyridine rings is 1. The van der Waals surface area contributed by atoms with E-state index in [4.69, 9.17) is 16.1 Å². The van der Waals surface area contributed by atoms with Crippen molar-refractivity contribution in [2.24, 2.45) is 0 Å². The third-order valence-electron chi connectivity index (χ3n) is 4.20. The van der Waals surface area contributed by atoms with Crippen LogP contribution in [0.25, 0.3) is 22.8 Å². The maximum absolute atomic E-state index is 13.3. The fourth-order valence-electron chi connectivity index (χ4n) is 2.79. The van der Waals surface area contributed by atoms with Gasteiger partial charge in [-0.2, -0.15) is 4.98 Å². The van der Waals surface area contributed by atoms with Gasteiger partial charge in [-0.1, -0.05) is 22.8 Å². The van der Waals surface area contributed by atoms with Crippen LogP contribution in [0.15, 0.2) is 76.2 Å². The lowest BCUT2D eigenvalue weighted by Gasteiger charge is -2.08. The summed E-state index contributed by atoms with van der Waals surface area (Å²) in [4.78, 5) is 29.3. The maximum atomic E-state index is 13.3. The quantitative estimate of drug-likeness (QED) is 0.523. The molecule has 4 rings (SSSR count). The number of halogens is 2. The molecule has 0 aliphatic rings. The molecule has 0 aliphatic carbocycles. The van der Waals surface area contributed by atoms with Crippen molar-refractivity contribution in [2.45, 2.75) is 6.54 Å². The second kappa shape index (κ2) is 8.30. The molecule has 1 N–H and O–H groups in total. The van der Waals surface area contributed by atoms with Crippen LogP contribution in [0.4, 0.5) is 10.1 Å². The van der Waals surface area contributed by atoms with E-state index in [-0.39, 0.29) is 18.0 Å². The van der Waals surface area contributed by atoms with E-state index < -0.39 is 17.3 Å². The van der Waals surface area contributed by atoms with Crippen LogP contribution in [-0.2, 0) is 11.3 Å². The summed E-state index contributed by atoms with van der Waals surface area (Å²) in [5.74, 6) is -0.614. The van der Waals surface area contributed by atoms with E-state index in [1.807, 2.05) is 0 Å². The lowest BCUT2D eigenvalue weighted by atomic mass is 10.2. The Hall–Kier alpha value is -3.78. The first-order chi connectivity index (χ1) is 14.5. The Balaban J connectivity index is 1.55. The molecule has 2 aromatic carbocycles. The summed E-state index contributed by atoms with van der Waals surface area (Å²) in [6.07, 6.45) is 1.47. The third kappa shape index (κ3) is 4.28. The molecule has 7 nitrogen and oxygen atoms in total. The molecule has 0 unspecified atom stereocenters. The number of rotatable bonds is 5. The van der Waals surface area contributed by atoms with Crippen molar-refractivity contribution >= 4 is 23.2 Å². The first-order valence-electron chi connectivity index (χ1n) is 8.84. The Morgan fingerprint density at radius 3 is 2.70 bits per heavy atom. The molecule has 30 heavy (non-hydrogen) atoms. The van der Waals surface area contributed by atoms with Gasteiger partial charge in [0, 0.05) is 22.5 Å². The van der Waals surface area contributed by atoms with Crippen LogP contribution >= 0.6 is 11.6 Å². The van der Waals surface area contributed by atoms with Crippen LogP contribution in [0.3, 0.4) is 0 Å². The number of nitrogens with zero attached hydrogens (tertiary/aromatic N) is 3. The molecule has 0 aliphatic heterocycles. The topological polar surface area (TPSA) is 90.0 Å². The molecule has 9 heteroatoms. The predicted octanol–water partition coefficient (Wildman–Crippen LogP) is 4.00. The third-order valence-corrected chi connectivity index (χ3v) is 4.45. The molecule has 0 bridgehead atoms. The number of amides is 1. The zero-order valence-electron chi connectivity index (χ0n) is 15.4. The number of aromatic nitrogens is 3. The van der Waals surface area contributed by atoms with Gasteiger partial charge in [-0.05, 0) is 54.6 Å². The second-order valence-electron chi connectivity index (χ2n) is 6.34. The van der Waals surface area contributed by atoms with E-state index in [0.717, 1.165) is 0 Å². The van der Waals surface area contributed by atoms with Crippen LogP contribution < -0.4 is 10.9 Å². The number of carbonyl (C=O) groups excluding carboxylic acids is 1. The average molecular weight is 425 g/mol. The zero-order chi connectivity index (χ0) is 21.1. The average Bonchev–Trinajstić information content (AvgIpc) is 3.20. The van der Waals surface area contributed by atoms with Gasteiger partial charge in [-0.3, -0.25) is 9.59 Å². The van der Waals surface area contributed by atoms with Gasteiger partial charge in [0.05, 0.1) is 0 Å². The minimum Gasteiger partial charge on any atom is -0.333 e. The van der Waals surface area contributed by atoms with Crippen molar-refractivity contribution in [3.63, 3.8) is 0 Å². The van der Waals surface area contributed by atoms with Crippen LogP contribution in [0.5, 0.6) is 0 Å². The molecule has 4 aromatic rings. The molecule has 0 saturated heterocycles.